The summed E-state index contributed by atoms with van der Waals surface area (Å²) < 4.78 is 7.42. The molecule has 0 unspecified atom stereocenters. The van der Waals surface area contributed by atoms with Gasteiger partial charge in [0.2, 0.25) is 0 Å². The van der Waals surface area contributed by atoms with E-state index in [2.05, 4.69) is 22.2 Å². The molecule has 0 saturated heterocycles. The van der Waals surface area contributed by atoms with Gasteiger partial charge in [-0.25, -0.2) is 0 Å². The van der Waals surface area contributed by atoms with Crippen LogP contribution in [0.15, 0.2) is 12.4 Å². The third kappa shape index (κ3) is 7.86. The van der Waals surface area contributed by atoms with Crippen LogP contribution in [0.25, 0.3) is 0 Å². The maximum atomic E-state index is 5.54. The van der Waals surface area contributed by atoms with Gasteiger partial charge in [-0.2, -0.15) is 0 Å². The van der Waals surface area contributed by atoms with Gasteiger partial charge in [-0.3, -0.25) is 4.68 Å². The van der Waals surface area contributed by atoms with Crippen LogP contribution in [0.2, 0.25) is 0 Å². The fourth-order valence-corrected chi connectivity index (χ4v) is 1.67. The first kappa shape index (κ1) is 14.7. The minimum absolute atomic E-state index is 0.841. The molecule has 1 rings (SSSR count). The maximum Gasteiger partial charge on any atom is 0.0692 e. The Morgan fingerprint density at radius 3 is 2.72 bits per heavy atom. The summed E-state index contributed by atoms with van der Waals surface area (Å²) in [5.41, 5.74) is 0. The van der Waals surface area contributed by atoms with Crippen molar-refractivity contribution in [3.8, 4) is 11.8 Å². The standard InChI is InChI=1S/C14H23N3O/c1-2-3-4-8-13-18-14-9-6-5-7-11-17-12-10-15-16-17/h10,12H,4-9,11,13-14H2,1H3. The second-order valence-electron chi connectivity index (χ2n) is 4.22. The van der Waals surface area contributed by atoms with Crippen molar-refractivity contribution in [2.24, 2.45) is 0 Å². The molecule has 1 aromatic rings. The van der Waals surface area contributed by atoms with Crippen LogP contribution in [0, 0.1) is 11.8 Å². The number of rotatable bonds is 10. The van der Waals surface area contributed by atoms with Gasteiger partial charge >= 0.3 is 0 Å². The number of nitrogens with zero attached hydrogens (tertiary/aromatic N) is 3. The minimum atomic E-state index is 0.841. The molecule has 0 aliphatic rings. The topological polar surface area (TPSA) is 39.9 Å². The summed E-state index contributed by atoms with van der Waals surface area (Å²) in [6, 6.07) is 0. The van der Waals surface area contributed by atoms with E-state index in [-0.39, 0.29) is 0 Å². The Balaban J connectivity index is 1.77. The molecule has 4 heteroatoms. The largest absolute Gasteiger partial charge is 0.381 e. The highest BCUT2D eigenvalue weighted by molar-refractivity contribution is 4.94. The van der Waals surface area contributed by atoms with E-state index in [0.29, 0.717) is 0 Å². The molecule has 1 aromatic heterocycles. The van der Waals surface area contributed by atoms with E-state index in [1.54, 1.807) is 6.20 Å². The Hall–Kier alpha value is -1.34. The molecule has 0 aromatic carbocycles. The first-order chi connectivity index (χ1) is 8.93. The Kier molecular flexibility index (Phi) is 8.82. The molecule has 0 atom stereocenters. The molecular weight excluding hydrogens is 226 g/mol. The third-order valence-corrected chi connectivity index (χ3v) is 2.67. The first-order valence-electron chi connectivity index (χ1n) is 6.75. The van der Waals surface area contributed by atoms with Gasteiger partial charge in [0, 0.05) is 32.4 Å². The maximum absolute atomic E-state index is 5.54. The molecule has 0 aliphatic carbocycles. The summed E-state index contributed by atoms with van der Waals surface area (Å²) >= 11 is 0. The van der Waals surface area contributed by atoms with Crippen LogP contribution in [0.5, 0.6) is 0 Å². The Morgan fingerprint density at radius 1 is 1.11 bits per heavy atom. The lowest BCUT2D eigenvalue weighted by Gasteiger charge is -2.03. The highest BCUT2D eigenvalue weighted by Gasteiger charge is 1.93. The molecule has 0 saturated carbocycles. The van der Waals surface area contributed by atoms with Gasteiger partial charge in [0.15, 0.2) is 0 Å². The lowest BCUT2D eigenvalue weighted by atomic mass is 10.2. The molecule has 100 valence electrons. The summed E-state index contributed by atoms with van der Waals surface area (Å²) in [5, 5.41) is 7.71. The van der Waals surface area contributed by atoms with E-state index in [1.165, 1.54) is 12.8 Å². The Morgan fingerprint density at radius 2 is 1.94 bits per heavy atom. The predicted octanol–water partition coefficient (Wildman–Crippen LogP) is 2.66. The molecule has 0 aliphatic heterocycles. The highest BCUT2D eigenvalue weighted by Crippen LogP contribution is 2.02. The lowest BCUT2D eigenvalue weighted by Crippen LogP contribution is -2.00. The van der Waals surface area contributed by atoms with E-state index in [0.717, 1.165) is 45.4 Å². The minimum Gasteiger partial charge on any atom is -0.381 e. The predicted molar refractivity (Wildman–Crippen MR) is 72.0 cm³/mol. The quantitative estimate of drug-likeness (QED) is 0.473. The van der Waals surface area contributed by atoms with Crippen molar-refractivity contribution in [3.05, 3.63) is 12.4 Å². The van der Waals surface area contributed by atoms with Gasteiger partial charge in [0.05, 0.1) is 6.20 Å². The molecular formula is C14H23N3O. The fraction of sp³-hybridized carbons (Fsp3) is 0.714. The van der Waals surface area contributed by atoms with Gasteiger partial charge < -0.3 is 4.74 Å². The molecule has 0 bridgehead atoms. The monoisotopic (exact) mass is 249 g/mol. The summed E-state index contributed by atoms with van der Waals surface area (Å²) in [4.78, 5) is 0. The first-order valence-corrected chi connectivity index (χ1v) is 6.75. The van der Waals surface area contributed by atoms with Crippen LogP contribution in [-0.2, 0) is 11.3 Å². The Bertz CT molecular complexity index is 338. The fourth-order valence-electron chi connectivity index (χ4n) is 1.67. The highest BCUT2D eigenvalue weighted by atomic mass is 16.5. The van der Waals surface area contributed by atoms with Gasteiger partial charge in [-0.05, 0) is 26.2 Å². The third-order valence-electron chi connectivity index (χ3n) is 2.67. The summed E-state index contributed by atoms with van der Waals surface area (Å²) in [5.74, 6) is 5.92. The van der Waals surface area contributed by atoms with Crippen molar-refractivity contribution in [1.82, 2.24) is 15.0 Å². The van der Waals surface area contributed by atoms with E-state index in [9.17, 15) is 0 Å². The van der Waals surface area contributed by atoms with Crippen molar-refractivity contribution >= 4 is 0 Å². The van der Waals surface area contributed by atoms with Crippen LogP contribution < -0.4 is 0 Å². The van der Waals surface area contributed by atoms with Crippen molar-refractivity contribution in [3.63, 3.8) is 0 Å². The van der Waals surface area contributed by atoms with Crippen molar-refractivity contribution in [2.45, 2.75) is 52.0 Å². The molecule has 18 heavy (non-hydrogen) atoms. The lowest BCUT2D eigenvalue weighted by molar-refractivity contribution is 0.128. The van der Waals surface area contributed by atoms with Gasteiger partial charge in [0.1, 0.15) is 0 Å². The molecule has 0 radical (unpaired) electrons. The Labute approximate surface area is 110 Å². The van der Waals surface area contributed by atoms with Crippen LogP contribution in [0.1, 0.15) is 45.4 Å². The van der Waals surface area contributed by atoms with Gasteiger partial charge in [-0.1, -0.05) is 18.1 Å². The van der Waals surface area contributed by atoms with Crippen molar-refractivity contribution in [2.75, 3.05) is 13.2 Å². The average Bonchev–Trinajstić information content (AvgIpc) is 2.89. The van der Waals surface area contributed by atoms with Crippen LogP contribution >= 0.6 is 0 Å². The molecule has 1 heterocycles. The zero-order valence-corrected chi connectivity index (χ0v) is 11.3. The average molecular weight is 249 g/mol. The van der Waals surface area contributed by atoms with E-state index in [1.807, 2.05) is 17.8 Å². The van der Waals surface area contributed by atoms with E-state index in [4.69, 9.17) is 4.74 Å². The summed E-state index contributed by atoms with van der Waals surface area (Å²) in [7, 11) is 0. The number of hydrogen-bond acceptors (Lipinski definition) is 3. The second kappa shape index (κ2) is 10.8. The molecule has 0 amide bonds. The number of unbranched alkanes of at least 4 members (excludes halogenated alkanes) is 4. The normalized spacial score (nSPS) is 10.1. The van der Waals surface area contributed by atoms with Gasteiger partial charge in [-0.15, -0.1) is 16.9 Å². The van der Waals surface area contributed by atoms with E-state index < -0.39 is 0 Å². The van der Waals surface area contributed by atoms with Gasteiger partial charge in [0.25, 0.3) is 0 Å². The zero-order chi connectivity index (χ0) is 12.9. The molecule has 4 nitrogen and oxygen atoms in total. The van der Waals surface area contributed by atoms with Crippen LogP contribution in [-0.4, -0.2) is 28.2 Å². The van der Waals surface area contributed by atoms with Crippen molar-refractivity contribution < 1.29 is 4.74 Å². The molecule has 0 N–H and O–H groups in total. The number of aromatic nitrogens is 3. The number of ether oxygens (including phenoxy) is 1. The smallest absolute Gasteiger partial charge is 0.0692 e. The molecule has 0 fully saturated rings. The van der Waals surface area contributed by atoms with Crippen molar-refractivity contribution in [1.29, 1.82) is 0 Å². The van der Waals surface area contributed by atoms with E-state index >= 15 is 0 Å². The van der Waals surface area contributed by atoms with Crippen LogP contribution in [0.3, 0.4) is 0 Å². The second-order valence-corrected chi connectivity index (χ2v) is 4.22. The zero-order valence-electron chi connectivity index (χ0n) is 11.3. The molecule has 0 spiro atoms. The van der Waals surface area contributed by atoms with Crippen LogP contribution in [0.4, 0.5) is 0 Å². The summed E-state index contributed by atoms with van der Waals surface area (Å²) in [6.07, 6.45) is 10.4. The SMILES string of the molecule is CC#CCCCOCCCCCCn1ccnn1. The number of hydrogen-bond donors (Lipinski definition) is 0. The summed E-state index contributed by atoms with van der Waals surface area (Å²) in [6.45, 7) is 4.56. The number of aryl methyl sites for hydroxylation is 1.